The first-order chi connectivity index (χ1) is 27.5. The average Bonchev–Trinajstić information content (AvgIpc) is 3.23. The highest BCUT2D eigenvalue weighted by molar-refractivity contribution is 5.99. The number of ether oxygens (including phenoxy) is 2. The van der Waals surface area contributed by atoms with Gasteiger partial charge >= 0.3 is 5.97 Å². The fraction of sp³-hybridized carbons (Fsp3) is 0.370. The molecule has 300 valence electrons. The number of nitrogens with one attached hydrogen (secondary N) is 3. The first kappa shape index (κ1) is 42.3. The molecule has 0 aliphatic carbocycles. The van der Waals surface area contributed by atoms with Gasteiger partial charge in [-0.2, -0.15) is 0 Å². The van der Waals surface area contributed by atoms with Gasteiger partial charge in [-0.15, -0.1) is 0 Å². The maximum Gasteiger partial charge on any atom is 0.329 e. The molecule has 5 rings (SSSR count). The lowest BCUT2D eigenvalue weighted by Crippen LogP contribution is -2.60. The summed E-state index contributed by atoms with van der Waals surface area (Å²) >= 11 is 0. The minimum absolute atomic E-state index is 0.0348. The van der Waals surface area contributed by atoms with Crippen LogP contribution in [0.25, 0.3) is 0 Å². The van der Waals surface area contributed by atoms with Crippen LogP contribution in [0.15, 0.2) is 115 Å². The molecule has 5 atom stereocenters. The molecule has 0 aromatic heterocycles. The molecule has 3 amide bonds. The van der Waals surface area contributed by atoms with Crippen molar-refractivity contribution < 1.29 is 33.4 Å². The van der Waals surface area contributed by atoms with E-state index < -0.39 is 48.1 Å². The second-order valence-electron chi connectivity index (χ2n) is 14.9. The number of hydrogen-bond donors (Lipinski definition) is 3. The molecular formula is C46H54N4O7. The monoisotopic (exact) mass is 774 g/mol. The smallest absolute Gasteiger partial charge is 0.329 e. The zero-order valence-corrected chi connectivity index (χ0v) is 33.2. The van der Waals surface area contributed by atoms with Crippen LogP contribution >= 0.6 is 0 Å². The van der Waals surface area contributed by atoms with Crippen molar-refractivity contribution in [2.45, 2.75) is 83.1 Å². The summed E-state index contributed by atoms with van der Waals surface area (Å²) in [5, 5.41) is 8.75. The Morgan fingerprint density at radius 2 is 1.32 bits per heavy atom. The van der Waals surface area contributed by atoms with Crippen molar-refractivity contribution in [2.24, 2.45) is 5.92 Å². The number of carbonyl (C=O) groups excluding carboxylic acids is 5. The van der Waals surface area contributed by atoms with Crippen LogP contribution in [0.2, 0.25) is 0 Å². The minimum atomic E-state index is -1.04. The van der Waals surface area contributed by atoms with Crippen molar-refractivity contribution in [2.75, 3.05) is 20.2 Å². The van der Waals surface area contributed by atoms with Gasteiger partial charge in [0.1, 0.15) is 30.0 Å². The predicted octanol–water partition coefficient (Wildman–Crippen LogP) is 5.63. The fourth-order valence-corrected chi connectivity index (χ4v) is 7.02. The molecule has 0 bridgehead atoms. The van der Waals surface area contributed by atoms with E-state index >= 15 is 0 Å². The van der Waals surface area contributed by atoms with E-state index in [0.717, 1.165) is 29.5 Å². The third kappa shape index (κ3) is 12.3. The number of esters is 1. The molecule has 1 saturated heterocycles. The van der Waals surface area contributed by atoms with Gasteiger partial charge in [-0.05, 0) is 61.1 Å². The van der Waals surface area contributed by atoms with Crippen LogP contribution in [0, 0.1) is 5.92 Å². The fourth-order valence-electron chi connectivity index (χ4n) is 7.02. The Balaban J connectivity index is 1.32. The maximum absolute atomic E-state index is 14.2. The molecular weight excluding hydrogens is 721 g/mol. The highest BCUT2D eigenvalue weighted by Crippen LogP contribution is 2.21. The second-order valence-corrected chi connectivity index (χ2v) is 14.9. The minimum Gasteiger partial charge on any atom is -0.497 e. The van der Waals surface area contributed by atoms with Gasteiger partial charge in [-0.25, -0.2) is 4.79 Å². The van der Waals surface area contributed by atoms with E-state index in [1.54, 1.807) is 52.1 Å². The van der Waals surface area contributed by atoms with Gasteiger partial charge < -0.3 is 25.4 Å². The van der Waals surface area contributed by atoms with Crippen molar-refractivity contribution >= 4 is 29.5 Å². The van der Waals surface area contributed by atoms with Gasteiger partial charge in [-0.1, -0.05) is 123 Å². The Kier molecular flexibility index (Phi) is 15.5. The SMILES string of the molecule is COc1cccc(C(=O)CN2CCCC[C@H]2C(=O)N[C@@H](Cc2ccccc2)C(=O)N[C@H](C(=O)N[C@@H](Cc2ccccc2)C(=O)O[C@H](C)c2ccccc2)C(C)C)c1. The molecule has 1 fully saturated rings. The van der Waals surface area contributed by atoms with Crippen molar-refractivity contribution in [3.8, 4) is 5.75 Å². The molecule has 11 heteroatoms. The van der Waals surface area contributed by atoms with E-state index in [4.69, 9.17) is 9.47 Å². The lowest BCUT2D eigenvalue weighted by molar-refractivity contribution is -0.153. The summed E-state index contributed by atoms with van der Waals surface area (Å²) in [5.74, 6) is -2.02. The standard InChI is InChI=1S/C46H54N4O7/c1-31(2)42(45(54)48-39(28-34-19-10-6-11-20-34)46(55)57-32(3)35-21-12-7-13-22-35)49-43(52)38(27-33-17-8-5-9-18-33)47-44(53)40-25-14-15-26-50(40)30-41(51)36-23-16-24-37(29-36)56-4/h5-13,16-24,29,31-32,38-40,42H,14-15,25-28,30H2,1-4H3,(H,47,53)(H,48,54)(H,49,52)/t32-,38+,39+,40+,42+/m1/s1. The molecule has 1 heterocycles. The molecule has 0 unspecified atom stereocenters. The normalized spacial score (nSPS) is 16.3. The van der Waals surface area contributed by atoms with Crippen LogP contribution in [-0.2, 0) is 36.8 Å². The molecule has 3 N–H and O–H groups in total. The molecule has 0 spiro atoms. The Morgan fingerprint density at radius 3 is 1.93 bits per heavy atom. The number of benzene rings is 4. The Labute approximate surface area is 335 Å². The Hall–Kier alpha value is -5.81. The second kappa shape index (κ2) is 20.9. The number of likely N-dealkylation sites (tertiary alicyclic amines) is 1. The average molecular weight is 775 g/mol. The molecule has 57 heavy (non-hydrogen) atoms. The number of nitrogens with zero attached hydrogens (tertiary/aromatic N) is 1. The third-order valence-corrected chi connectivity index (χ3v) is 10.3. The Bertz CT molecular complexity index is 1940. The largest absolute Gasteiger partial charge is 0.497 e. The number of ketones is 1. The molecule has 4 aromatic carbocycles. The van der Waals surface area contributed by atoms with Crippen molar-refractivity contribution in [1.29, 1.82) is 0 Å². The van der Waals surface area contributed by atoms with E-state index in [1.165, 1.54) is 0 Å². The van der Waals surface area contributed by atoms with E-state index in [2.05, 4.69) is 16.0 Å². The number of rotatable bonds is 18. The number of amides is 3. The van der Waals surface area contributed by atoms with Crippen LogP contribution in [-0.4, -0.2) is 78.7 Å². The number of piperidine rings is 1. The lowest BCUT2D eigenvalue weighted by atomic mass is 9.98. The number of Topliss-reactive ketones (excluding diaryl/α,β-unsaturated/α-hetero) is 1. The molecule has 1 aliphatic heterocycles. The van der Waals surface area contributed by atoms with Crippen LogP contribution in [0.3, 0.4) is 0 Å². The summed E-state index contributed by atoms with van der Waals surface area (Å²) in [4.78, 5) is 71.2. The van der Waals surface area contributed by atoms with E-state index in [9.17, 15) is 24.0 Å². The van der Waals surface area contributed by atoms with Crippen LogP contribution < -0.4 is 20.7 Å². The quantitative estimate of drug-likeness (QED) is 0.0873. The van der Waals surface area contributed by atoms with Crippen molar-refractivity contribution in [3.05, 3.63) is 138 Å². The van der Waals surface area contributed by atoms with E-state index in [-0.39, 0.29) is 37.0 Å². The number of methoxy groups -OCH3 is 1. The predicted molar refractivity (Wildman–Crippen MR) is 218 cm³/mol. The van der Waals surface area contributed by atoms with Crippen molar-refractivity contribution in [1.82, 2.24) is 20.9 Å². The van der Waals surface area contributed by atoms with Crippen LogP contribution in [0.5, 0.6) is 5.75 Å². The zero-order valence-electron chi connectivity index (χ0n) is 33.2. The first-order valence-corrected chi connectivity index (χ1v) is 19.7. The number of carbonyl (C=O) groups is 5. The zero-order chi connectivity index (χ0) is 40.7. The van der Waals surface area contributed by atoms with Gasteiger partial charge in [0.2, 0.25) is 17.7 Å². The molecule has 0 saturated carbocycles. The van der Waals surface area contributed by atoms with Crippen molar-refractivity contribution in [3.63, 3.8) is 0 Å². The van der Waals surface area contributed by atoms with Gasteiger partial charge in [0.05, 0.1) is 19.7 Å². The summed E-state index contributed by atoms with van der Waals surface area (Å²) in [6.45, 7) is 5.97. The summed E-state index contributed by atoms with van der Waals surface area (Å²) in [6, 6.07) is 31.2. The van der Waals surface area contributed by atoms with E-state index in [1.807, 2.05) is 95.9 Å². The lowest BCUT2D eigenvalue weighted by Gasteiger charge is -2.35. The maximum atomic E-state index is 14.2. The highest BCUT2D eigenvalue weighted by Gasteiger charge is 2.36. The Morgan fingerprint density at radius 1 is 0.702 bits per heavy atom. The van der Waals surface area contributed by atoms with Gasteiger partial charge in [0.15, 0.2) is 5.78 Å². The summed E-state index contributed by atoms with van der Waals surface area (Å²) < 4.78 is 11.1. The van der Waals surface area contributed by atoms with Gasteiger partial charge in [-0.3, -0.25) is 24.1 Å². The first-order valence-electron chi connectivity index (χ1n) is 19.7. The van der Waals surface area contributed by atoms with Gasteiger partial charge in [0.25, 0.3) is 0 Å². The summed E-state index contributed by atoms with van der Waals surface area (Å²) in [7, 11) is 1.54. The molecule has 11 nitrogen and oxygen atoms in total. The van der Waals surface area contributed by atoms with Crippen LogP contribution in [0.4, 0.5) is 0 Å². The molecule has 1 aliphatic rings. The van der Waals surface area contributed by atoms with Crippen LogP contribution in [0.1, 0.15) is 73.2 Å². The molecule has 0 radical (unpaired) electrons. The topological polar surface area (TPSA) is 143 Å². The molecule has 4 aromatic rings. The van der Waals surface area contributed by atoms with E-state index in [0.29, 0.717) is 24.3 Å². The van der Waals surface area contributed by atoms with Gasteiger partial charge in [0, 0.05) is 18.4 Å². The number of hydrogen-bond acceptors (Lipinski definition) is 8. The third-order valence-electron chi connectivity index (χ3n) is 10.3. The highest BCUT2D eigenvalue weighted by atomic mass is 16.5. The summed E-state index contributed by atoms with van der Waals surface area (Å²) in [5.41, 5.74) is 2.94. The summed E-state index contributed by atoms with van der Waals surface area (Å²) in [6.07, 6.45) is 1.94.